The van der Waals surface area contributed by atoms with Crippen LogP contribution in [0.25, 0.3) is 11.1 Å². The third-order valence-electron chi connectivity index (χ3n) is 5.76. The third kappa shape index (κ3) is 2.83. The molecular formula is C25H24N4. The summed E-state index contributed by atoms with van der Waals surface area (Å²) >= 11 is 0. The van der Waals surface area contributed by atoms with Crippen molar-refractivity contribution in [3.8, 4) is 11.1 Å². The SMILES string of the molecule is Cc1cccc(-c2cccc(C3(c4ccccc4)N=C(N)N4CCCN=C43)c2)c1. The lowest BCUT2D eigenvalue weighted by molar-refractivity contribution is 0.531. The van der Waals surface area contributed by atoms with Gasteiger partial charge in [-0.1, -0.05) is 78.4 Å². The van der Waals surface area contributed by atoms with E-state index in [2.05, 4.69) is 84.6 Å². The summed E-state index contributed by atoms with van der Waals surface area (Å²) in [6.45, 7) is 3.79. The van der Waals surface area contributed by atoms with Crippen LogP contribution in [0.1, 0.15) is 23.1 Å². The van der Waals surface area contributed by atoms with E-state index in [0.29, 0.717) is 5.96 Å². The van der Waals surface area contributed by atoms with Gasteiger partial charge in [0.1, 0.15) is 5.84 Å². The standard InChI is InChI=1S/C25H24N4/c1-18-8-5-9-19(16-18)20-10-6-13-22(17-20)25(21-11-3-2-4-12-21)23-27-14-7-15-29(23)24(26)28-25/h2-6,8-13,16-17H,7,14-15H2,1H3,(H2,26,28). The lowest BCUT2D eigenvalue weighted by Crippen LogP contribution is -2.46. The number of aryl methyl sites for hydroxylation is 1. The second-order valence-corrected chi connectivity index (χ2v) is 7.71. The molecular weight excluding hydrogens is 356 g/mol. The van der Waals surface area contributed by atoms with Gasteiger partial charge in [0, 0.05) is 13.1 Å². The number of nitrogens with two attached hydrogens (primary N) is 1. The van der Waals surface area contributed by atoms with Crippen molar-refractivity contribution in [2.45, 2.75) is 18.9 Å². The van der Waals surface area contributed by atoms with Gasteiger partial charge >= 0.3 is 0 Å². The Balaban J connectivity index is 1.74. The van der Waals surface area contributed by atoms with Crippen molar-refractivity contribution in [3.63, 3.8) is 0 Å². The van der Waals surface area contributed by atoms with Crippen molar-refractivity contribution in [3.05, 3.63) is 95.6 Å². The van der Waals surface area contributed by atoms with Crippen LogP contribution in [0.4, 0.5) is 0 Å². The average molecular weight is 380 g/mol. The van der Waals surface area contributed by atoms with Crippen LogP contribution in [0.3, 0.4) is 0 Å². The molecule has 0 saturated carbocycles. The number of benzene rings is 3. The van der Waals surface area contributed by atoms with E-state index in [9.17, 15) is 0 Å². The van der Waals surface area contributed by atoms with E-state index >= 15 is 0 Å². The van der Waals surface area contributed by atoms with E-state index in [4.69, 9.17) is 15.7 Å². The summed E-state index contributed by atoms with van der Waals surface area (Å²) in [7, 11) is 0. The molecule has 1 unspecified atom stereocenters. The molecule has 0 spiro atoms. The highest BCUT2D eigenvalue weighted by Gasteiger charge is 2.49. The second kappa shape index (κ2) is 6.89. The molecule has 2 aliphatic rings. The maximum atomic E-state index is 6.40. The van der Waals surface area contributed by atoms with E-state index in [1.807, 2.05) is 6.07 Å². The van der Waals surface area contributed by atoms with E-state index < -0.39 is 5.54 Å². The summed E-state index contributed by atoms with van der Waals surface area (Å²) in [6, 6.07) is 27.6. The van der Waals surface area contributed by atoms with Crippen molar-refractivity contribution >= 4 is 11.8 Å². The molecule has 0 saturated heterocycles. The van der Waals surface area contributed by atoms with Crippen molar-refractivity contribution in [1.29, 1.82) is 0 Å². The summed E-state index contributed by atoms with van der Waals surface area (Å²) in [5.74, 6) is 1.49. The fraction of sp³-hybridized carbons (Fsp3) is 0.200. The number of hydrogen-bond donors (Lipinski definition) is 1. The molecule has 0 fully saturated rings. The molecule has 2 N–H and O–H groups in total. The minimum atomic E-state index is -0.703. The summed E-state index contributed by atoms with van der Waals surface area (Å²) in [5.41, 5.74) is 11.5. The van der Waals surface area contributed by atoms with Crippen LogP contribution < -0.4 is 5.73 Å². The Morgan fingerprint density at radius 2 is 1.59 bits per heavy atom. The first-order chi connectivity index (χ1) is 14.2. The highest BCUT2D eigenvalue weighted by molar-refractivity contribution is 6.12. The van der Waals surface area contributed by atoms with E-state index in [0.717, 1.165) is 36.5 Å². The molecule has 2 heterocycles. The van der Waals surface area contributed by atoms with Gasteiger partial charge in [0.05, 0.1) is 0 Å². The zero-order chi connectivity index (χ0) is 19.8. The van der Waals surface area contributed by atoms with Gasteiger partial charge in [-0.3, -0.25) is 9.89 Å². The van der Waals surface area contributed by atoms with Gasteiger partial charge in [0.15, 0.2) is 11.5 Å². The van der Waals surface area contributed by atoms with E-state index in [1.165, 1.54) is 16.7 Å². The van der Waals surface area contributed by atoms with Crippen LogP contribution in [-0.2, 0) is 5.54 Å². The summed E-state index contributed by atoms with van der Waals surface area (Å²) in [4.78, 5) is 12.0. The number of nitrogens with zero attached hydrogens (tertiary/aromatic N) is 3. The molecule has 0 aliphatic carbocycles. The van der Waals surface area contributed by atoms with Gasteiger partial charge in [-0.05, 0) is 41.7 Å². The predicted molar refractivity (Wildman–Crippen MR) is 119 cm³/mol. The maximum absolute atomic E-state index is 6.40. The fourth-order valence-corrected chi connectivity index (χ4v) is 4.40. The molecule has 2 aliphatic heterocycles. The summed E-state index contributed by atoms with van der Waals surface area (Å²) in [6.07, 6.45) is 0.994. The van der Waals surface area contributed by atoms with Crippen molar-refractivity contribution in [2.75, 3.05) is 13.1 Å². The molecule has 5 rings (SSSR count). The Kier molecular flexibility index (Phi) is 4.20. The Morgan fingerprint density at radius 3 is 2.38 bits per heavy atom. The number of guanidine groups is 1. The number of hydrogen-bond acceptors (Lipinski definition) is 4. The molecule has 144 valence electrons. The lowest BCUT2D eigenvalue weighted by Gasteiger charge is -2.33. The first kappa shape index (κ1) is 17.7. The zero-order valence-corrected chi connectivity index (χ0v) is 16.5. The van der Waals surface area contributed by atoms with Crippen LogP contribution in [0.15, 0.2) is 88.8 Å². The summed E-state index contributed by atoms with van der Waals surface area (Å²) < 4.78 is 0. The second-order valence-electron chi connectivity index (χ2n) is 7.71. The molecule has 0 radical (unpaired) electrons. The monoisotopic (exact) mass is 380 g/mol. The van der Waals surface area contributed by atoms with Crippen molar-refractivity contribution < 1.29 is 0 Å². The van der Waals surface area contributed by atoms with Gasteiger partial charge in [0.25, 0.3) is 0 Å². The minimum Gasteiger partial charge on any atom is -0.369 e. The third-order valence-corrected chi connectivity index (χ3v) is 5.76. The first-order valence-corrected chi connectivity index (χ1v) is 10.1. The van der Waals surface area contributed by atoms with Crippen LogP contribution in [0.5, 0.6) is 0 Å². The smallest absolute Gasteiger partial charge is 0.198 e. The van der Waals surface area contributed by atoms with Crippen LogP contribution in [0, 0.1) is 6.92 Å². The molecule has 0 aromatic heterocycles. The Bertz CT molecular complexity index is 1120. The van der Waals surface area contributed by atoms with Crippen molar-refractivity contribution in [1.82, 2.24) is 4.90 Å². The Hall–Kier alpha value is -3.40. The Morgan fingerprint density at radius 1 is 0.862 bits per heavy atom. The average Bonchev–Trinajstić information content (AvgIpc) is 3.08. The molecule has 4 heteroatoms. The highest BCUT2D eigenvalue weighted by Crippen LogP contribution is 2.42. The maximum Gasteiger partial charge on any atom is 0.198 e. The zero-order valence-electron chi connectivity index (χ0n) is 16.5. The molecule has 0 bridgehead atoms. The predicted octanol–water partition coefficient (Wildman–Crippen LogP) is 4.34. The van der Waals surface area contributed by atoms with Gasteiger partial charge < -0.3 is 5.73 Å². The van der Waals surface area contributed by atoms with E-state index in [-0.39, 0.29) is 0 Å². The van der Waals surface area contributed by atoms with Crippen LogP contribution in [-0.4, -0.2) is 29.8 Å². The molecule has 29 heavy (non-hydrogen) atoms. The molecule has 1 atom stereocenters. The van der Waals surface area contributed by atoms with Gasteiger partial charge in [0.2, 0.25) is 0 Å². The molecule has 3 aromatic carbocycles. The first-order valence-electron chi connectivity index (χ1n) is 10.1. The van der Waals surface area contributed by atoms with Gasteiger partial charge in [-0.15, -0.1) is 0 Å². The van der Waals surface area contributed by atoms with Gasteiger partial charge in [-0.25, -0.2) is 4.99 Å². The Labute approximate surface area is 171 Å². The number of fused-ring (bicyclic) bond motifs is 1. The molecule has 0 amide bonds. The largest absolute Gasteiger partial charge is 0.369 e. The fourth-order valence-electron chi connectivity index (χ4n) is 4.40. The molecule has 3 aromatic rings. The lowest BCUT2D eigenvalue weighted by atomic mass is 9.81. The summed E-state index contributed by atoms with van der Waals surface area (Å²) in [5, 5.41) is 0. The number of amidine groups is 1. The van der Waals surface area contributed by atoms with Gasteiger partial charge in [-0.2, -0.15) is 0 Å². The number of aliphatic imine (C=N–C) groups is 2. The van der Waals surface area contributed by atoms with Crippen LogP contribution >= 0.6 is 0 Å². The van der Waals surface area contributed by atoms with E-state index in [1.54, 1.807) is 0 Å². The quantitative estimate of drug-likeness (QED) is 0.735. The highest BCUT2D eigenvalue weighted by atomic mass is 15.4. The normalized spacial score (nSPS) is 20.8. The van der Waals surface area contributed by atoms with Crippen LogP contribution in [0.2, 0.25) is 0 Å². The molecule has 4 nitrogen and oxygen atoms in total. The number of rotatable bonds is 3. The van der Waals surface area contributed by atoms with Crippen molar-refractivity contribution in [2.24, 2.45) is 15.7 Å². The topological polar surface area (TPSA) is 54.0 Å². The minimum absolute atomic E-state index is 0.549.